The van der Waals surface area contributed by atoms with Crippen molar-refractivity contribution >= 4 is 0 Å². The fourth-order valence-corrected chi connectivity index (χ4v) is 2.66. The van der Waals surface area contributed by atoms with Gasteiger partial charge in [0.15, 0.2) is 0 Å². The Balaban J connectivity index is 1.89. The lowest BCUT2D eigenvalue weighted by Gasteiger charge is -2.13. The number of aliphatic hydroxyl groups excluding tert-OH is 1. The van der Waals surface area contributed by atoms with Crippen molar-refractivity contribution in [2.75, 3.05) is 0 Å². The first kappa shape index (κ1) is 12.2. The number of aryl methyl sites for hydroxylation is 2. The van der Waals surface area contributed by atoms with Gasteiger partial charge in [0.1, 0.15) is 11.5 Å². The molecule has 1 aliphatic rings. The van der Waals surface area contributed by atoms with Crippen molar-refractivity contribution in [1.82, 2.24) is 0 Å². The Labute approximate surface area is 113 Å². The van der Waals surface area contributed by atoms with Crippen LogP contribution in [-0.2, 0) is 12.8 Å². The molecule has 1 atom stereocenters. The van der Waals surface area contributed by atoms with E-state index >= 15 is 0 Å². The molecule has 0 bridgehead atoms. The smallest absolute Gasteiger partial charge is 0.133 e. The Morgan fingerprint density at radius 3 is 2.68 bits per heavy atom. The predicted octanol–water partition coefficient (Wildman–Crippen LogP) is 4.02. The molecule has 0 heterocycles. The van der Waals surface area contributed by atoms with E-state index in [9.17, 15) is 5.11 Å². The highest BCUT2D eigenvalue weighted by atomic mass is 16.5. The molecule has 0 spiro atoms. The fraction of sp³-hybridized carbons (Fsp3) is 0.294. The largest absolute Gasteiger partial charge is 0.457 e. The molecule has 0 radical (unpaired) electrons. The van der Waals surface area contributed by atoms with Crippen LogP contribution in [0.1, 0.15) is 36.1 Å². The van der Waals surface area contributed by atoms with Crippen LogP contribution in [0, 0.1) is 0 Å². The third-order valence-electron chi connectivity index (χ3n) is 3.67. The van der Waals surface area contributed by atoms with E-state index < -0.39 is 6.10 Å². The molecule has 0 amide bonds. The summed E-state index contributed by atoms with van der Waals surface area (Å²) < 4.78 is 5.94. The summed E-state index contributed by atoms with van der Waals surface area (Å²) in [5.41, 5.74) is 3.66. The third kappa shape index (κ3) is 2.49. The van der Waals surface area contributed by atoms with Crippen molar-refractivity contribution in [3.8, 4) is 11.5 Å². The quantitative estimate of drug-likeness (QED) is 0.896. The minimum absolute atomic E-state index is 0.523. The van der Waals surface area contributed by atoms with E-state index in [-0.39, 0.29) is 0 Å². The molecular formula is C17H18O2. The number of para-hydroxylation sites is 1. The molecular weight excluding hydrogens is 236 g/mol. The highest BCUT2D eigenvalue weighted by Crippen LogP contribution is 2.32. The van der Waals surface area contributed by atoms with Crippen LogP contribution < -0.4 is 4.74 Å². The van der Waals surface area contributed by atoms with E-state index in [4.69, 9.17) is 4.74 Å². The zero-order valence-corrected chi connectivity index (χ0v) is 11.1. The molecule has 1 N–H and O–H groups in total. The Morgan fingerprint density at radius 2 is 1.84 bits per heavy atom. The van der Waals surface area contributed by atoms with Gasteiger partial charge >= 0.3 is 0 Å². The third-order valence-corrected chi connectivity index (χ3v) is 3.67. The molecule has 0 aromatic heterocycles. The molecule has 2 aromatic rings. The minimum atomic E-state index is -0.523. The summed E-state index contributed by atoms with van der Waals surface area (Å²) in [4.78, 5) is 0. The van der Waals surface area contributed by atoms with Gasteiger partial charge in [-0.05, 0) is 55.5 Å². The normalized spacial score (nSPS) is 15.1. The summed E-state index contributed by atoms with van der Waals surface area (Å²) >= 11 is 0. The van der Waals surface area contributed by atoms with Gasteiger partial charge in [-0.3, -0.25) is 0 Å². The molecule has 2 aromatic carbocycles. The van der Waals surface area contributed by atoms with Crippen LogP contribution in [0.2, 0.25) is 0 Å². The molecule has 19 heavy (non-hydrogen) atoms. The predicted molar refractivity (Wildman–Crippen MR) is 75.6 cm³/mol. The first-order valence-corrected chi connectivity index (χ1v) is 6.80. The van der Waals surface area contributed by atoms with Gasteiger partial charge < -0.3 is 9.84 Å². The van der Waals surface area contributed by atoms with Gasteiger partial charge in [-0.15, -0.1) is 0 Å². The number of benzene rings is 2. The van der Waals surface area contributed by atoms with Crippen molar-refractivity contribution in [2.24, 2.45) is 0 Å². The van der Waals surface area contributed by atoms with Gasteiger partial charge in [0, 0.05) is 5.56 Å². The summed E-state index contributed by atoms with van der Waals surface area (Å²) in [5.74, 6) is 1.59. The van der Waals surface area contributed by atoms with Crippen LogP contribution in [0.5, 0.6) is 11.5 Å². The van der Waals surface area contributed by atoms with Gasteiger partial charge in [-0.1, -0.05) is 24.3 Å². The highest BCUT2D eigenvalue weighted by molar-refractivity contribution is 5.43. The number of fused-ring (bicyclic) bond motifs is 1. The highest BCUT2D eigenvalue weighted by Gasteiger charge is 2.13. The number of rotatable bonds is 3. The van der Waals surface area contributed by atoms with E-state index in [1.54, 1.807) is 6.92 Å². The topological polar surface area (TPSA) is 29.5 Å². The lowest BCUT2D eigenvalue weighted by Crippen LogP contribution is -1.96. The summed E-state index contributed by atoms with van der Waals surface area (Å²) in [5, 5.41) is 9.76. The number of aliphatic hydroxyl groups is 1. The minimum Gasteiger partial charge on any atom is -0.457 e. The van der Waals surface area contributed by atoms with Gasteiger partial charge in [0.25, 0.3) is 0 Å². The van der Waals surface area contributed by atoms with Crippen LogP contribution in [0.3, 0.4) is 0 Å². The average molecular weight is 254 g/mol. The molecule has 2 heteroatoms. The number of hydrogen-bond acceptors (Lipinski definition) is 2. The second-order valence-corrected chi connectivity index (χ2v) is 5.10. The molecule has 3 rings (SSSR count). The first-order chi connectivity index (χ1) is 9.24. The summed E-state index contributed by atoms with van der Waals surface area (Å²) in [6, 6.07) is 13.9. The molecule has 0 saturated carbocycles. The molecule has 1 unspecified atom stereocenters. The molecule has 0 saturated heterocycles. The molecule has 98 valence electrons. The van der Waals surface area contributed by atoms with Gasteiger partial charge in [-0.25, -0.2) is 0 Å². The second kappa shape index (κ2) is 5.06. The first-order valence-electron chi connectivity index (χ1n) is 6.80. The molecule has 2 nitrogen and oxygen atoms in total. The average Bonchev–Trinajstić information content (AvgIpc) is 2.86. The lowest BCUT2D eigenvalue weighted by molar-refractivity contribution is 0.195. The summed E-state index contributed by atoms with van der Waals surface area (Å²) in [6.07, 6.45) is 3.04. The Morgan fingerprint density at radius 1 is 1.05 bits per heavy atom. The van der Waals surface area contributed by atoms with Crippen molar-refractivity contribution in [2.45, 2.75) is 32.3 Å². The zero-order chi connectivity index (χ0) is 13.2. The van der Waals surface area contributed by atoms with E-state index in [1.165, 1.54) is 24.0 Å². The maximum Gasteiger partial charge on any atom is 0.133 e. The van der Waals surface area contributed by atoms with Gasteiger partial charge in [-0.2, -0.15) is 0 Å². The van der Waals surface area contributed by atoms with Crippen molar-refractivity contribution in [3.63, 3.8) is 0 Å². The SMILES string of the molecule is CC(O)c1ccccc1Oc1ccc2c(c1)CCC2. The van der Waals surface area contributed by atoms with Crippen LogP contribution in [0.4, 0.5) is 0 Å². The van der Waals surface area contributed by atoms with Gasteiger partial charge in [0.2, 0.25) is 0 Å². The van der Waals surface area contributed by atoms with E-state index in [2.05, 4.69) is 12.1 Å². The van der Waals surface area contributed by atoms with Crippen LogP contribution in [0.15, 0.2) is 42.5 Å². The maximum atomic E-state index is 9.76. The monoisotopic (exact) mass is 254 g/mol. The lowest BCUT2D eigenvalue weighted by atomic mass is 10.1. The van der Waals surface area contributed by atoms with E-state index in [0.717, 1.165) is 23.5 Å². The number of ether oxygens (including phenoxy) is 1. The van der Waals surface area contributed by atoms with Crippen molar-refractivity contribution < 1.29 is 9.84 Å². The van der Waals surface area contributed by atoms with E-state index in [0.29, 0.717) is 0 Å². The van der Waals surface area contributed by atoms with Gasteiger partial charge in [0.05, 0.1) is 6.10 Å². The molecule has 1 aliphatic carbocycles. The molecule has 0 aliphatic heterocycles. The van der Waals surface area contributed by atoms with Crippen LogP contribution in [-0.4, -0.2) is 5.11 Å². The number of hydrogen-bond donors (Lipinski definition) is 1. The standard InChI is InChI=1S/C17H18O2/c1-12(18)16-7-2-3-8-17(16)19-15-10-9-13-5-4-6-14(13)11-15/h2-3,7-12,18H,4-6H2,1H3. The zero-order valence-electron chi connectivity index (χ0n) is 11.1. The Bertz CT molecular complexity index is 588. The summed E-state index contributed by atoms with van der Waals surface area (Å²) in [7, 11) is 0. The van der Waals surface area contributed by atoms with Crippen molar-refractivity contribution in [3.05, 3.63) is 59.2 Å². The fourth-order valence-electron chi connectivity index (χ4n) is 2.66. The van der Waals surface area contributed by atoms with Crippen LogP contribution >= 0.6 is 0 Å². The Hall–Kier alpha value is -1.80. The van der Waals surface area contributed by atoms with Crippen LogP contribution in [0.25, 0.3) is 0 Å². The Kier molecular flexibility index (Phi) is 3.26. The maximum absolute atomic E-state index is 9.76. The second-order valence-electron chi connectivity index (χ2n) is 5.10. The molecule has 0 fully saturated rings. The van der Waals surface area contributed by atoms with E-state index in [1.807, 2.05) is 30.3 Å². The van der Waals surface area contributed by atoms with Crippen molar-refractivity contribution in [1.29, 1.82) is 0 Å². The summed E-state index contributed by atoms with van der Waals surface area (Å²) in [6.45, 7) is 1.75.